The fourth-order valence-electron chi connectivity index (χ4n) is 4.69. The van der Waals surface area contributed by atoms with Crippen molar-refractivity contribution in [2.45, 2.75) is 62.6 Å². The number of carbonyl (C=O) groups excluding carboxylic acids is 1. The van der Waals surface area contributed by atoms with Crippen LogP contribution in [0.4, 0.5) is 20.4 Å². The van der Waals surface area contributed by atoms with Crippen LogP contribution in [0.2, 0.25) is 0 Å². The Bertz CT molecular complexity index is 1050. The second-order valence-corrected chi connectivity index (χ2v) is 8.79. The number of carbonyl (C=O) groups is 1. The zero-order valence-corrected chi connectivity index (χ0v) is 16.3. The topological polar surface area (TPSA) is 75.9 Å². The third-order valence-electron chi connectivity index (χ3n) is 6.54. The molecule has 4 heterocycles. The molecule has 9 heteroatoms. The molecule has 2 aromatic rings. The van der Waals surface area contributed by atoms with E-state index in [4.69, 9.17) is 0 Å². The summed E-state index contributed by atoms with van der Waals surface area (Å²) in [7, 11) is 0. The van der Waals surface area contributed by atoms with Crippen molar-refractivity contribution < 1.29 is 13.6 Å². The molecule has 1 amide bonds. The Labute approximate surface area is 172 Å². The second kappa shape index (κ2) is 6.33. The van der Waals surface area contributed by atoms with Crippen LogP contribution in [0.15, 0.2) is 30.7 Å². The zero-order valence-electron chi connectivity index (χ0n) is 16.3. The van der Waals surface area contributed by atoms with Gasteiger partial charge in [0, 0.05) is 24.9 Å². The predicted octanol–water partition coefficient (Wildman–Crippen LogP) is 3.55. The molecule has 3 fully saturated rings. The van der Waals surface area contributed by atoms with Crippen molar-refractivity contribution in [1.82, 2.24) is 24.6 Å². The fraction of sp³-hybridized carbons (Fsp3) is 0.524. The molecule has 4 aliphatic rings. The first-order valence-electron chi connectivity index (χ1n) is 10.5. The third kappa shape index (κ3) is 3.07. The largest absolute Gasteiger partial charge is 0.332 e. The summed E-state index contributed by atoms with van der Waals surface area (Å²) in [5, 5.41) is 7.57. The molecule has 0 aromatic carbocycles. The zero-order chi connectivity index (χ0) is 20.5. The minimum atomic E-state index is -2.82. The van der Waals surface area contributed by atoms with Gasteiger partial charge in [0.05, 0.1) is 29.7 Å². The van der Waals surface area contributed by atoms with Crippen molar-refractivity contribution in [2.75, 3.05) is 5.32 Å². The molecule has 2 aliphatic carbocycles. The molecule has 2 bridgehead atoms. The lowest BCUT2D eigenvalue weighted by Gasteiger charge is -2.34. The molecular weight excluding hydrogens is 390 g/mol. The molecule has 1 saturated heterocycles. The summed E-state index contributed by atoms with van der Waals surface area (Å²) in [5.41, 5.74) is 2.70. The normalized spacial score (nSPS) is 28.9. The predicted molar refractivity (Wildman–Crippen MR) is 105 cm³/mol. The Morgan fingerprint density at radius 1 is 1.20 bits per heavy atom. The van der Waals surface area contributed by atoms with Crippen LogP contribution in [0.25, 0.3) is 5.57 Å². The van der Waals surface area contributed by atoms with Gasteiger partial charge in [0.2, 0.25) is 11.9 Å². The molecule has 0 radical (unpaired) electrons. The van der Waals surface area contributed by atoms with Gasteiger partial charge in [-0.3, -0.25) is 9.48 Å². The van der Waals surface area contributed by atoms with Gasteiger partial charge in [0.1, 0.15) is 5.92 Å². The molecule has 0 spiro atoms. The van der Waals surface area contributed by atoms with Crippen LogP contribution >= 0.6 is 0 Å². The number of rotatable bonds is 5. The van der Waals surface area contributed by atoms with Gasteiger partial charge in [-0.2, -0.15) is 5.10 Å². The van der Waals surface area contributed by atoms with Gasteiger partial charge in [-0.05, 0) is 43.7 Å². The van der Waals surface area contributed by atoms with Gasteiger partial charge in [0.15, 0.2) is 0 Å². The van der Waals surface area contributed by atoms with Crippen molar-refractivity contribution in [3.05, 3.63) is 36.4 Å². The standard InChI is InChI=1S/C21H22F2N6O/c22-21(23)9-17(21)19(30)29-15-3-4-16(29)8-12(7-15)18-5-6-24-20(27-18)26-13-10-25-28(11-13)14-1-2-14/h5-7,10-11,14-17H,1-4,8-9H2,(H,24,26,27)/t15?,16?,17-/m0/s1. The SMILES string of the molecule is O=C([C@@H]1CC1(F)F)N1C2C=C(c3ccnc(Nc4cnn(C5CC5)c4)n3)CC1CC2. The van der Waals surface area contributed by atoms with E-state index in [0.717, 1.165) is 29.8 Å². The number of anilines is 2. The van der Waals surface area contributed by atoms with E-state index >= 15 is 0 Å². The minimum Gasteiger partial charge on any atom is -0.332 e. The van der Waals surface area contributed by atoms with Crippen LogP contribution in [0, 0.1) is 5.92 Å². The molecule has 7 nitrogen and oxygen atoms in total. The van der Waals surface area contributed by atoms with Crippen LogP contribution in [-0.4, -0.2) is 48.6 Å². The molecule has 30 heavy (non-hydrogen) atoms. The number of hydrogen-bond donors (Lipinski definition) is 1. The maximum absolute atomic E-state index is 13.4. The number of aromatic nitrogens is 4. The summed E-state index contributed by atoms with van der Waals surface area (Å²) in [6, 6.07) is 2.22. The lowest BCUT2D eigenvalue weighted by molar-refractivity contribution is -0.137. The van der Waals surface area contributed by atoms with Crippen LogP contribution < -0.4 is 5.32 Å². The number of nitrogens with zero attached hydrogens (tertiary/aromatic N) is 5. The van der Waals surface area contributed by atoms with E-state index in [1.54, 1.807) is 17.3 Å². The third-order valence-corrected chi connectivity index (χ3v) is 6.54. The summed E-state index contributed by atoms with van der Waals surface area (Å²) in [6.07, 6.45) is 11.8. The van der Waals surface area contributed by atoms with E-state index in [1.807, 2.05) is 23.0 Å². The number of halogens is 2. The summed E-state index contributed by atoms with van der Waals surface area (Å²) in [5.74, 6) is -3.84. The first kappa shape index (κ1) is 18.0. The smallest absolute Gasteiger partial charge is 0.260 e. The van der Waals surface area contributed by atoms with E-state index in [0.29, 0.717) is 18.4 Å². The van der Waals surface area contributed by atoms with Gasteiger partial charge in [-0.1, -0.05) is 6.08 Å². The van der Waals surface area contributed by atoms with Crippen LogP contribution in [0.1, 0.15) is 50.3 Å². The maximum Gasteiger partial charge on any atom is 0.260 e. The molecule has 2 unspecified atom stereocenters. The molecule has 6 rings (SSSR count). The van der Waals surface area contributed by atoms with Crippen molar-refractivity contribution in [3.63, 3.8) is 0 Å². The molecule has 156 valence electrons. The minimum absolute atomic E-state index is 0.0259. The Morgan fingerprint density at radius 2 is 2.00 bits per heavy atom. The molecule has 2 aliphatic heterocycles. The van der Waals surface area contributed by atoms with Crippen molar-refractivity contribution in [1.29, 1.82) is 0 Å². The monoisotopic (exact) mass is 412 g/mol. The van der Waals surface area contributed by atoms with Gasteiger partial charge in [-0.15, -0.1) is 0 Å². The van der Waals surface area contributed by atoms with Gasteiger partial charge >= 0.3 is 0 Å². The Hall–Kier alpha value is -2.84. The summed E-state index contributed by atoms with van der Waals surface area (Å²) >= 11 is 0. The lowest BCUT2D eigenvalue weighted by Crippen LogP contribution is -2.44. The molecule has 3 atom stereocenters. The summed E-state index contributed by atoms with van der Waals surface area (Å²) < 4.78 is 28.8. The van der Waals surface area contributed by atoms with Gasteiger partial charge in [0.25, 0.3) is 5.92 Å². The number of alkyl halides is 2. The van der Waals surface area contributed by atoms with Crippen LogP contribution in [-0.2, 0) is 4.79 Å². The van der Waals surface area contributed by atoms with Gasteiger partial charge < -0.3 is 10.2 Å². The van der Waals surface area contributed by atoms with E-state index in [2.05, 4.69) is 20.4 Å². The Kier molecular flexibility index (Phi) is 3.79. The number of hydrogen-bond acceptors (Lipinski definition) is 5. The average Bonchev–Trinajstić information content (AvgIpc) is 3.61. The van der Waals surface area contributed by atoms with E-state index in [1.165, 1.54) is 12.8 Å². The first-order chi connectivity index (χ1) is 14.5. The quantitative estimate of drug-likeness (QED) is 0.813. The molecule has 2 aromatic heterocycles. The van der Waals surface area contributed by atoms with Crippen molar-refractivity contribution in [3.8, 4) is 0 Å². The molecule has 2 saturated carbocycles. The van der Waals surface area contributed by atoms with Crippen LogP contribution in [0.3, 0.4) is 0 Å². The van der Waals surface area contributed by atoms with E-state index < -0.39 is 11.8 Å². The highest BCUT2D eigenvalue weighted by Crippen LogP contribution is 2.51. The average molecular weight is 412 g/mol. The molecule has 1 N–H and O–H groups in total. The van der Waals surface area contributed by atoms with E-state index in [-0.39, 0.29) is 24.4 Å². The maximum atomic E-state index is 13.4. The Balaban J connectivity index is 1.20. The fourth-order valence-corrected chi connectivity index (χ4v) is 4.69. The van der Waals surface area contributed by atoms with Crippen LogP contribution in [0.5, 0.6) is 0 Å². The van der Waals surface area contributed by atoms with Gasteiger partial charge in [-0.25, -0.2) is 18.7 Å². The second-order valence-electron chi connectivity index (χ2n) is 8.79. The van der Waals surface area contributed by atoms with Crippen molar-refractivity contribution in [2.24, 2.45) is 5.92 Å². The number of nitrogens with one attached hydrogen (secondary N) is 1. The summed E-state index contributed by atoms with van der Waals surface area (Å²) in [4.78, 5) is 23.2. The highest BCUT2D eigenvalue weighted by molar-refractivity contribution is 5.85. The highest BCUT2D eigenvalue weighted by atomic mass is 19.3. The first-order valence-corrected chi connectivity index (χ1v) is 10.5. The van der Waals surface area contributed by atoms with E-state index in [9.17, 15) is 13.6 Å². The summed E-state index contributed by atoms with van der Waals surface area (Å²) in [6.45, 7) is 0. The van der Waals surface area contributed by atoms with Crippen molar-refractivity contribution >= 4 is 23.1 Å². The highest BCUT2D eigenvalue weighted by Gasteiger charge is 2.63. The lowest BCUT2D eigenvalue weighted by atomic mass is 9.98. The molecular formula is C21H22F2N6O. The number of fused-ring (bicyclic) bond motifs is 2. The Morgan fingerprint density at radius 3 is 2.73 bits per heavy atom. The number of amides is 1.